The van der Waals surface area contributed by atoms with Crippen molar-refractivity contribution in [1.82, 2.24) is 4.90 Å². The molecule has 0 spiro atoms. The second kappa shape index (κ2) is 9.89. The Labute approximate surface area is 153 Å². The summed E-state index contributed by atoms with van der Waals surface area (Å²) in [4.78, 5) is 25.1. The van der Waals surface area contributed by atoms with E-state index in [0.29, 0.717) is 18.7 Å². The lowest BCUT2D eigenvalue weighted by Gasteiger charge is -2.19. The molecule has 0 aliphatic heterocycles. The van der Waals surface area contributed by atoms with E-state index in [1.165, 1.54) is 18.9 Å². The summed E-state index contributed by atoms with van der Waals surface area (Å²) < 4.78 is 4.58. The summed E-state index contributed by atoms with van der Waals surface area (Å²) in [6.45, 7) is 0.561. The Balaban J connectivity index is 1.93. The van der Waals surface area contributed by atoms with Crippen LogP contribution in [-0.2, 0) is 20.9 Å². The highest BCUT2D eigenvalue weighted by molar-refractivity contribution is 7.99. The van der Waals surface area contributed by atoms with Gasteiger partial charge in [-0.3, -0.25) is 9.59 Å². The van der Waals surface area contributed by atoms with Crippen LogP contribution in [0.1, 0.15) is 12.0 Å². The van der Waals surface area contributed by atoms with Gasteiger partial charge in [-0.05, 0) is 16.7 Å². The quantitative estimate of drug-likeness (QED) is 0.535. The van der Waals surface area contributed by atoms with Crippen molar-refractivity contribution in [2.75, 3.05) is 25.7 Å². The van der Waals surface area contributed by atoms with Gasteiger partial charge in [-0.2, -0.15) is 0 Å². The van der Waals surface area contributed by atoms with Gasteiger partial charge in [0.1, 0.15) is 0 Å². The van der Waals surface area contributed by atoms with Crippen LogP contribution in [0.15, 0.2) is 54.6 Å². The number of thioether (sulfide) groups is 1. The predicted octanol–water partition coefficient (Wildman–Crippen LogP) is 3.61. The summed E-state index contributed by atoms with van der Waals surface area (Å²) >= 11 is 1.42. The molecule has 0 aromatic heterocycles. The van der Waals surface area contributed by atoms with Gasteiger partial charge in [-0.15, -0.1) is 11.8 Å². The standard InChI is InChI=1S/C20H23NO3S/c1-21(19(22)12-13-25-15-20(23)24-2)14-17-10-6-7-11-18(17)16-8-4-3-5-9-16/h3-11H,12-15H2,1-2H3. The fourth-order valence-corrected chi connectivity index (χ4v) is 3.21. The molecule has 0 saturated heterocycles. The first-order valence-electron chi connectivity index (χ1n) is 8.13. The van der Waals surface area contributed by atoms with Gasteiger partial charge in [0, 0.05) is 25.8 Å². The van der Waals surface area contributed by atoms with Gasteiger partial charge in [0.15, 0.2) is 0 Å². The Morgan fingerprint density at radius 1 is 1.04 bits per heavy atom. The number of benzene rings is 2. The third-order valence-electron chi connectivity index (χ3n) is 3.84. The molecule has 132 valence electrons. The van der Waals surface area contributed by atoms with E-state index in [9.17, 15) is 9.59 Å². The summed E-state index contributed by atoms with van der Waals surface area (Å²) in [6.07, 6.45) is 0.408. The molecule has 4 nitrogen and oxygen atoms in total. The number of amides is 1. The Morgan fingerprint density at radius 2 is 1.72 bits per heavy atom. The molecule has 25 heavy (non-hydrogen) atoms. The van der Waals surface area contributed by atoms with Crippen LogP contribution in [0.2, 0.25) is 0 Å². The van der Waals surface area contributed by atoms with Crippen molar-refractivity contribution in [1.29, 1.82) is 0 Å². The van der Waals surface area contributed by atoms with Crippen LogP contribution in [0.4, 0.5) is 0 Å². The third-order valence-corrected chi connectivity index (χ3v) is 4.78. The van der Waals surface area contributed by atoms with Crippen LogP contribution in [0.5, 0.6) is 0 Å². The minimum absolute atomic E-state index is 0.0697. The molecule has 0 heterocycles. The average molecular weight is 357 g/mol. The highest BCUT2D eigenvalue weighted by Crippen LogP contribution is 2.24. The maximum Gasteiger partial charge on any atom is 0.315 e. The molecule has 2 aromatic rings. The zero-order valence-corrected chi connectivity index (χ0v) is 15.4. The summed E-state index contributed by atoms with van der Waals surface area (Å²) in [6, 6.07) is 18.3. The van der Waals surface area contributed by atoms with Crippen LogP contribution >= 0.6 is 11.8 Å². The van der Waals surface area contributed by atoms with E-state index in [2.05, 4.69) is 29.0 Å². The SMILES string of the molecule is COC(=O)CSCCC(=O)N(C)Cc1ccccc1-c1ccccc1. The number of ether oxygens (including phenoxy) is 1. The van der Waals surface area contributed by atoms with Crippen molar-refractivity contribution < 1.29 is 14.3 Å². The number of carbonyl (C=O) groups is 2. The van der Waals surface area contributed by atoms with Crippen LogP contribution in [0, 0.1) is 0 Å². The largest absolute Gasteiger partial charge is 0.468 e. The second-order valence-corrected chi connectivity index (χ2v) is 6.76. The molecule has 2 aromatic carbocycles. The van der Waals surface area contributed by atoms with E-state index < -0.39 is 0 Å². The van der Waals surface area contributed by atoms with Crippen molar-refractivity contribution in [2.45, 2.75) is 13.0 Å². The molecular weight excluding hydrogens is 334 g/mol. The molecule has 0 aliphatic carbocycles. The van der Waals surface area contributed by atoms with Crippen LogP contribution in [-0.4, -0.2) is 42.4 Å². The Bertz CT molecular complexity index is 703. The first kappa shape index (κ1) is 19.1. The van der Waals surface area contributed by atoms with E-state index >= 15 is 0 Å². The molecule has 0 radical (unpaired) electrons. The summed E-state index contributed by atoms with van der Waals surface area (Å²) in [5, 5.41) is 0. The van der Waals surface area contributed by atoms with Crippen molar-refractivity contribution >= 4 is 23.6 Å². The zero-order valence-electron chi connectivity index (χ0n) is 14.6. The Morgan fingerprint density at radius 3 is 2.44 bits per heavy atom. The fraction of sp³-hybridized carbons (Fsp3) is 0.300. The number of esters is 1. The van der Waals surface area contributed by atoms with E-state index in [0.717, 1.165) is 16.7 Å². The summed E-state index contributed by atoms with van der Waals surface area (Å²) in [5.74, 6) is 0.700. The molecule has 0 N–H and O–H groups in total. The van der Waals surface area contributed by atoms with E-state index in [1.807, 2.05) is 37.4 Å². The normalized spacial score (nSPS) is 10.3. The van der Waals surface area contributed by atoms with E-state index in [1.54, 1.807) is 4.90 Å². The molecule has 0 atom stereocenters. The first-order chi connectivity index (χ1) is 12.1. The fourth-order valence-electron chi connectivity index (χ4n) is 2.47. The highest BCUT2D eigenvalue weighted by Gasteiger charge is 2.12. The second-order valence-electron chi connectivity index (χ2n) is 5.65. The Kier molecular flexibility index (Phi) is 7.54. The lowest BCUT2D eigenvalue weighted by atomic mass is 9.99. The van der Waals surface area contributed by atoms with E-state index in [4.69, 9.17) is 0 Å². The summed E-state index contributed by atoms with van der Waals surface area (Å²) in [7, 11) is 3.18. The van der Waals surface area contributed by atoms with Gasteiger partial charge in [-0.25, -0.2) is 0 Å². The number of rotatable bonds is 8. The number of hydrogen-bond acceptors (Lipinski definition) is 4. The number of carbonyl (C=O) groups excluding carboxylic acids is 2. The smallest absolute Gasteiger partial charge is 0.315 e. The van der Waals surface area contributed by atoms with Gasteiger partial charge in [-0.1, -0.05) is 54.6 Å². The molecular formula is C20H23NO3S. The van der Waals surface area contributed by atoms with Gasteiger partial charge in [0.25, 0.3) is 0 Å². The molecule has 0 fully saturated rings. The maximum absolute atomic E-state index is 12.3. The third kappa shape index (κ3) is 5.94. The van der Waals surface area contributed by atoms with Crippen LogP contribution in [0.3, 0.4) is 0 Å². The average Bonchev–Trinajstić information content (AvgIpc) is 2.65. The van der Waals surface area contributed by atoms with Gasteiger partial charge >= 0.3 is 5.97 Å². The zero-order chi connectivity index (χ0) is 18.1. The monoisotopic (exact) mass is 357 g/mol. The molecule has 2 rings (SSSR count). The maximum atomic E-state index is 12.3. The van der Waals surface area contributed by atoms with Crippen molar-refractivity contribution in [3.8, 4) is 11.1 Å². The van der Waals surface area contributed by atoms with Gasteiger partial charge in [0.05, 0.1) is 12.9 Å². The Hall–Kier alpha value is -2.27. The van der Waals surface area contributed by atoms with Crippen molar-refractivity contribution in [3.63, 3.8) is 0 Å². The molecule has 5 heteroatoms. The molecule has 0 unspecified atom stereocenters. The molecule has 1 amide bonds. The number of nitrogens with zero attached hydrogens (tertiary/aromatic N) is 1. The summed E-state index contributed by atoms with van der Waals surface area (Å²) in [5.41, 5.74) is 3.40. The van der Waals surface area contributed by atoms with Crippen LogP contribution < -0.4 is 0 Å². The number of methoxy groups -OCH3 is 1. The van der Waals surface area contributed by atoms with Crippen molar-refractivity contribution in [3.05, 3.63) is 60.2 Å². The van der Waals surface area contributed by atoms with Gasteiger partial charge < -0.3 is 9.64 Å². The number of hydrogen-bond donors (Lipinski definition) is 0. The highest BCUT2D eigenvalue weighted by atomic mass is 32.2. The molecule has 0 bridgehead atoms. The van der Waals surface area contributed by atoms with Crippen LogP contribution in [0.25, 0.3) is 11.1 Å². The van der Waals surface area contributed by atoms with Crippen molar-refractivity contribution in [2.24, 2.45) is 0 Å². The predicted molar refractivity (Wildman–Crippen MR) is 102 cm³/mol. The lowest BCUT2D eigenvalue weighted by Crippen LogP contribution is -2.26. The molecule has 0 saturated carbocycles. The minimum Gasteiger partial charge on any atom is -0.468 e. The topological polar surface area (TPSA) is 46.6 Å². The van der Waals surface area contributed by atoms with Gasteiger partial charge in [0.2, 0.25) is 5.91 Å². The lowest BCUT2D eigenvalue weighted by molar-refractivity contribution is -0.137. The molecule has 0 aliphatic rings. The van der Waals surface area contributed by atoms with E-state index in [-0.39, 0.29) is 17.6 Å². The first-order valence-corrected chi connectivity index (χ1v) is 9.29. The minimum atomic E-state index is -0.261.